The highest BCUT2D eigenvalue weighted by molar-refractivity contribution is 7.21. The zero-order chi connectivity index (χ0) is 25.0. The highest BCUT2D eigenvalue weighted by Crippen LogP contribution is 2.36. The molecular formula is C28H27N5O3S. The predicted octanol–water partition coefficient (Wildman–Crippen LogP) is 5.97. The van der Waals surface area contributed by atoms with E-state index in [1.54, 1.807) is 24.6 Å². The molecule has 37 heavy (non-hydrogen) atoms. The molecule has 6 rings (SSSR count). The SMILES string of the molecule is COc1cc2c(Oc3ccc(-c4nc5ccccc5s4)nc3)ncnc2cc1OCCCN1CCCC1. The number of methoxy groups -OCH3 is 1. The van der Waals surface area contributed by atoms with Crippen LogP contribution < -0.4 is 14.2 Å². The Bertz CT molecular complexity index is 1480. The molecule has 0 saturated carbocycles. The third-order valence-corrected chi connectivity index (χ3v) is 7.48. The van der Waals surface area contributed by atoms with Gasteiger partial charge in [-0.3, -0.25) is 0 Å². The number of hydrogen-bond donors (Lipinski definition) is 0. The van der Waals surface area contributed by atoms with Crippen LogP contribution in [0.1, 0.15) is 19.3 Å². The Morgan fingerprint density at radius 2 is 1.84 bits per heavy atom. The Kier molecular flexibility index (Phi) is 6.79. The van der Waals surface area contributed by atoms with Gasteiger partial charge in [0.25, 0.3) is 0 Å². The molecule has 0 atom stereocenters. The van der Waals surface area contributed by atoms with Crippen molar-refractivity contribution < 1.29 is 14.2 Å². The smallest absolute Gasteiger partial charge is 0.230 e. The minimum absolute atomic E-state index is 0.429. The lowest BCUT2D eigenvalue weighted by Gasteiger charge is -2.16. The average molecular weight is 514 g/mol. The van der Waals surface area contributed by atoms with Crippen molar-refractivity contribution in [3.8, 4) is 33.8 Å². The molecule has 1 fully saturated rings. The van der Waals surface area contributed by atoms with Crippen LogP contribution in [0.3, 0.4) is 0 Å². The monoisotopic (exact) mass is 513 g/mol. The van der Waals surface area contributed by atoms with Crippen LogP contribution in [0, 0.1) is 0 Å². The maximum absolute atomic E-state index is 6.10. The van der Waals surface area contributed by atoms with Gasteiger partial charge < -0.3 is 19.1 Å². The summed E-state index contributed by atoms with van der Waals surface area (Å²) in [6.07, 6.45) is 6.74. The fourth-order valence-electron chi connectivity index (χ4n) is 4.53. The number of aromatic nitrogens is 4. The summed E-state index contributed by atoms with van der Waals surface area (Å²) in [4.78, 5) is 20.5. The van der Waals surface area contributed by atoms with E-state index in [1.165, 1.54) is 32.3 Å². The van der Waals surface area contributed by atoms with Crippen molar-refractivity contribution in [3.63, 3.8) is 0 Å². The van der Waals surface area contributed by atoms with E-state index < -0.39 is 0 Å². The third-order valence-electron chi connectivity index (χ3n) is 6.42. The van der Waals surface area contributed by atoms with E-state index in [1.807, 2.05) is 42.5 Å². The summed E-state index contributed by atoms with van der Waals surface area (Å²) in [5, 5.41) is 1.61. The van der Waals surface area contributed by atoms with Crippen LogP contribution in [0.4, 0.5) is 0 Å². The maximum Gasteiger partial charge on any atom is 0.230 e. The van der Waals surface area contributed by atoms with Crippen molar-refractivity contribution in [2.45, 2.75) is 19.3 Å². The Labute approximate surface area is 218 Å². The van der Waals surface area contributed by atoms with Gasteiger partial charge in [-0.2, -0.15) is 0 Å². The first-order chi connectivity index (χ1) is 18.3. The minimum atomic E-state index is 0.429. The van der Waals surface area contributed by atoms with Crippen molar-refractivity contribution in [3.05, 3.63) is 61.1 Å². The summed E-state index contributed by atoms with van der Waals surface area (Å²) >= 11 is 1.62. The Hall–Kier alpha value is -3.82. The molecule has 8 nitrogen and oxygen atoms in total. The Balaban J connectivity index is 1.18. The van der Waals surface area contributed by atoms with E-state index in [-0.39, 0.29) is 0 Å². The number of nitrogens with zero attached hydrogens (tertiary/aromatic N) is 5. The topological polar surface area (TPSA) is 82.5 Å². The summed E-state index contributed by atoms with van der Waals surface area (Å²) in [6.45, 7) is 4.07. The number of hydrogen-bond acceptors (Lipinski definition) is 9. The largest absolute Gasteiger partial charge is 0.493 e. The van der Waals surface area contributed by atoms with Crippen LogP contribution in [0.25, 0.3) is 31.8 Å². The second-order valence-electron chi connectivity index (χ2n) is 8.92. The summed E-state index contributed by atoms with van der Waals surface area (Å²) in [5.41, 5.74) is 2.50. The maximum atomic E-state index is 6.10. The van der Waals surface area contributed by atoms with E-state index in [2.05, 4.69) is 30.9 Å². The fourth-order valence-corrected chi connectivity index (χ4v) is 5.47. The summed E-state index contributed by atoms with van der Waals surface area (Å²) in [6, 6.07) is 15.6. The number of thiazole rings is 1. The molecule has 0 unspecified atom stereocenters. The molecule has 0 amide bonds. The average Bonchev–Trinajstić information content (AvgIpc) is 3.61. The van der Waals surface area contributed by atoms with Gasteiger partial charge in [0.05, 0.1) is 46.7 Å². The molecule has 1 aliphatic heterocycles. The molecule has 188 valence electrons. The fraction of sp³-hybridized carbons (Fsp3) is 0.286. The van der Waals surface area contributed by atoms with E-state index in [9.17, 15) is 0 Å². The second-order valence-corrected chi connectivity index (χ2v) is 9.95. The molecule has 1 aliphatic rings. The van der Waals surface area contributed by atoms with Crippen molar-refractivity contribution >= 4 is 32.5 Å². The van der Waals surface area contributed by atoms with Crippen molar-refractivity contribution in [1.82, 2.24) is 24.8 Å². The molecule has 0 N–H and O–H groups in total. The molecular weight excluding hydrogens is 486 g/mol. The van der Waals surface area contributed by atoms with Crippen molar-refractivity contribution in [1.29, 1.82) is 0 Å². The third kappa shape index (κ3) is 5.19. The van der Waals surface area contributed by atoms with Gasteiger partial charge in [-0.15, -0.1) is 11.3 Å². The van der Waals surface area contributed by atoms with E-state index >= 15 is 0 Å². The van der Waals surface area contributed by atoms with E-state index in [0.29, 0.717) is 29.7 Å². The number of benzene rings is 2. The normalized spacial score (nSPS) is 13.9. The molecule has 1 saturated heterocycles. The Morgan fingerprint density at radius 3 is 2.65 bits per heavy atom. The standard InChI is InChI=1S/C28H27N5O3S/c1-34-24-15-20-23(16-25(24)35-14-6-13-33-11-4-5-12-33)30-18-31-27(20)36-19-9-10-22(29-17-19)28-32-21-7-2-3-8-26(21)37-28/h2-3,7-10,15-18H,4-6,11-14H2,1H3. The van der Waals surface area contributed by atoms with Crippen LogP contribution in [0.15, 0.2) is 61.1 Å². The first kappa shape index (κ1) is 23.6. The summed E-state index contributed by atoms with van der Waals surface area (Å²) in [7, 11) is 1.63. The van der Waals surface area contributed by atoms with Gasteiger partial charge in [-0.05, 0) is 62.7 Å². The van der Waals surface area contributed by atoms with Gasteiger partial charge >= 0.3 is 0 Å². The summed E-state index contributed by atoms with van der Waals surface area (Å²) in [5.74, 6) is 2.30. The van der Waals surface area contributed by atoms with Crippen LogP contribution in [0.5, 0.6) is 23.1 Å². The molecule has 3 aromatic heterocycles. The van der Waals surface area contributed by atoms with Crippen LogP contribution in [0.2, 0.25) is 0 Å². The lowest BCUT2D eigenvalue weighted by molar-refractivity contribution is 0.254. The molecule has 0 spiro atoms. The minimum Gasteiger partial charge on any atom is -0.493 e. The zero-order valence-corrected chi connectivity index (χ0v) is 21.4. The number of pyridine rings is 1. The molecule has 2 aromatic carbocycles. The van der Waals surface area contributed by atoms with Gasteiger partial charge in [0.15, 0.2) is 11.5 Å². The van der Waals surface area contributed by atoms with E-state index in [4.69, 9.17) is 14.2 Å². The highest BCUT2D eigenvalue weighted by Gasteiger charge is 2.15. The molecule has 5 aromatic rings. The van der Waals surface area contributed by atoms with Gasteiger partial charge in [0.2, 0.25) is 5.88 Å². The number of likely N-dealkylation sites (tertiary alicyclic amines) is 1. The van der Waals surface area contributed by atoms with Crippen LogP contribution >= 0.6 is 11.3 Å². The number of ether oxygens (including phenoxy) is 3. The van der Waals surface area contributed by atoms with Crippen LogP contribution in [-0.2, 0) is 0 Å². The number of para-hydroxylation sites is 1. The van der Waals surface area contributed by atoms with Crippen molar-refractivity contribution in [2.75, 3.05) is 33.4 Å². The lowest BCUT2D eigenvalue weighted by Crippen LogP contribution is -2.21. The zero-order valence-electron chi connectivity index (χ0n) is 20.6. The van der Waals surface area contributed by atoms with Gasteiger partial charge in [-0.1, -0.05) is 12.1 Å². The first-order valence-corrected chi connectivity index (χ1v) is 13.3. The van der Waals surface area contributed by atoms with Crippen molar-refractivity contribution in [2.24, 2.45) is 0 Å². The van der Waals surface area contributed by atoms with Crippen LogP contribution in [-0.4, -0.2) is 58.2 Å². The first-order valence-electron chi connectivity index (χ1n) is 12.4. The van der Waals surface area contributed by atoms with Gasteiger partial charge in [0, 0.05) is 12.6 Å². The molecule has 0 aliphatic carbocycles. The molecule has 4 heterocycles. The lowest BCUT2D eigenvalue weighted by atomic mass is 10.2. The Morgan fingerprint density at radius 1 is 0.946 bits per heavy atom. The second kappa shape index (κ2) is 10.7. The summed E-state index contributed by atoms with van der Waals surface area (Å²) < 4.78 is 18.9. The van der Waals surface area contributed by atoms with Gasteiger partial charge in [0.1, 0.15) is 17.1 Å². The van der Waals surface area contributed by atoms with E-state index in [0.717, 1.165) is 44.8 Å². The molecule has 0 radical (unpaired) electrons. The van der Waals surface area contributed by atoms with Gasteiger partial charge in [-0.25, -0.2) is 19.9 Å². The number of rotatable bonds is 9. The predicted molar refractivity (Wildman–Crippen MR) is 145 cm³/mol. The molecule has 0 bridgehead atoms. The quantitative estimate of drug-likeness (QED) is 0.223. The number of fused-ring (bicyclic) bond motifs is 2. The highest BCUT2D eigenvalue weighted by atomic mass is 32.1. The molecule has 9 heteroatoms.